The van der Waals surface area contributed by atoms with Crippen molar-refractivity contribution in [1.82, 2.24) is 10.9 Å². The van der Waals surface area contributed by atoms with Gasteiger partial charge in [-0.3, -0.25) is 15.6 Å². The molecule has 0 atom stereocenters. The van der Waals surface area contributed by atoms with Crippen LogP contribution in [0.1, 0.15) is 15.9 Å². The summed E-state index contributed by atoms with van der Waals surface area (Å²) in [6, 6.07) is 15.3. The summed E-state index contributed by atoms with van der Waals surface area (Å²) in [5.41, 5.74) is 6.55. The average Bonchev–Trinajstić information content (AvgIpc) is 2.55. The van der Waals surface area contributed by atoms with Gasteiger partial charge in [0.25, 0.3) is 5.91 Å². The lowest BCUT2D eigenvalue weighted by atomic mass is 10.1. The van der Waals surface area contributed by atoms with E-state index in [0.29, 0.717) is 16.1 Å². The Hall–Kier alpha value is -2.62. The van der Waals surface area contributed by atoms with Gasteiger partial charge in [-0.1, -0.05) is 17.7 Å². The van der Waals surface area contributed by atoms with E-state index in [1.807, 2.05) is 6.07 Å². The van der Waals surface area contributed by atoms with Crippen molar-refractivity contribution in [2.75, 3.05) is 5.32 Å². The molecule has 2 aromatic rings. The summed E-state index contributed by atoms with van der Waals surface area (Å²) < 4.78 is 0. The quantitative estimate of drug-likeness (QED) is 0.583. The van der Waals surface area contributed by atoms with Crippen LogP contribution in [0.5, 0.6) is 0 Å². The molecule has 2 rings (SSSR count). The van der Waals surface area contributed by atoms with Crippen molar-refractivity contribution in [1.29, 1.82) is 5.26 Å². The first kappa shape index (κ1) is 15.8. The molecule has 3 N–H and O–H groups in total. The van der Waals surface area contributed by atoms with Crippen LogP contribution < -0.4 is 16.2 Å². The van der Waals surface area contributed by atoms with Crippen molar-refractivity contribution >= 4 is 40.5 Å². The molecule has 5 nitrogen and oxygen atoms in total. The van der Waals surface area contributed by atoms with Crippen molar-refractivity contribution in [3.63, 3.8) is 0 Å². The highest BCUT2D eigenvalue weighted by Crippen LogP contribution is 2.13. The van der Waals surface area contributed by atoms with Crippen LogP contribution in [0.2, 0.25) is 5.02 Å². The first-order chi connectivity index (χ1) is 10.6. The topological polar surface area (TPSA) is 77.0 Å². The second-order valence-corrected chi connectivity index (χ2v) is 5.08. The zero-order valence-electron chi connectivity index (χ0n) is 11.3. The third-order valence-electron chi connectivity index (χ3n) is 2.65. The molecule has 110 valence electrons. The van der Waals surface area contributed by atoms with Gasteiger partial charge < -0.3 is 5.32 Å². The summed E-state index contributed by atoms with van der Waals surface area (Å²) in [6.45, 7) is 0. The van der Waals surface area contributed by atoms with Gasteiger partial charge in [0.1, 0.15) is 0 Å². The minimum atomic E-state index is -0.391. The van der Waals surface area contributed by atoms with E-state index in [0.717, 1.165) is 5.69 Å². The van der Waals surface area contributed by atoms with E-state index in [4.69, 9.17) is 29.1 Å². The Morgan fingerprint density at radius 3 is 2.55 bits per heavy atom. The Bertz CT molecular complexity index is 740. The number of hydrogen-bond acceptors (Lipinski definition) is 3. The van der Waals surface area contributed by atoms with Crippen LogP contribution in [0.3, 0.4) is 0 Å². The van der Waals surface area contributed by atoms with Crippen molar-refractivity contribution in [3.05, 3.63) is 64.7 Å². The summed E-state index contributed by atoms with van der Waals surface area (Å²) in [5, 5.41) is 12.6. The van der Waals surface area contributed by atoms with Crippen LogP contribution in [-0.2, 0) is 0 Å². The molecule has 7 heteroatoms. The zero-order valence-corrected chi connectivity index (χ0v) is 12.8. The molecule has 0 aliphatic heterocycles. The number of carbonyl (C=O) groups excluding carboxylic acids is 1. The molecular formula is C15H11ClN4OS. The van der Waals surface area contributed by atoms with E-state index in [9.17, 15) is 4.79 Å². The Labute approximate surface area is 137 Å². The number of benzene rings is 2. The van der Waals surface area contributed by atoms with Crippen molar-refractivity contribution in [3.8, 4) is 6.07 Å². The maximum atomic E-state index is 11.9. The summed E-state index contributed by atoms with van der Waals surface area (Å²) >= 11 is 10.9. The normalized spacial score (nSPS) is 9.45. The van der Waals surface area contributed by atoms with Gasteiger partial charge in [0, 0.05) is 16.3 Å². The SMILES string of the molecule is N#Cc1cccc(C(=O)NNC(=S)Nc2ccc(Cl)cc2)c1. The summed E-state index contributed by atoms with van der Waals surface area (Å²) in [4.78, 5) is 11.9. The van der Waals surface area contributed by atoms with Gasteiger partial charge in [0.15, 0.2) is 5.11 Å². The third kappa shape index (κ3) is 4.45. The minimum absolute atomic E-state index is 0.229. The van der Waals surface area contributed by atoms with Crippen LogP contribution in [0.4, 0.5) is 5.69 Å². The zero-order chi connectivity index (χ0) is 15.9. The fourth-order valence-electron chi connectivity index (χ4n) is 1.61. The number of carbonyl (C=O) groups is 1. The second kappa shape index (κ2) is 7.41. The summed E-state index contributed by atoms with van der Waals surface area (Å²) in [7, 11) is 0. The van der Waals surface area contributed by atoms with Crippen LogP contribution in [0.25, 0.3) is 0 Å². The van der Waals surface area contributed by atoms with E-state index >= 15 is 0 Å². The third-order valence-corrected chi connectivity index (χ3v) is 3.10. The van der Waals surface area contributed by atoms with Gasteiger partial charge >= 0.3 is 0 Å². The first-order valence-electron chi connectivity index (χ1n) is 6.21. The molecule has 22 heavy (non-hydrogen) atoms. The molecule has 0 radical (unpaired) electrons. The molecule has 0 aromatic heterocycles. The summed E-state index contributed by atoms with van der Waals surface area (Å²) in [5.74, 6) is -0.391. The van der Waals surface area contributed by atoms with Gasteiger partial charge in [-0.25, -0.2) is 0 Å². The van der Waals surface area contributed by atoms with Crippen LogP contribution in [-0.4, -0.2) is 11.0 Å². The summed E-state index contributed by atoms with van der Waals surface area (Å²) in [6.07, 6.45) is 0. The van der Waals surface area contributed by atoms with E-state index in [1.165, 1.54) is 6.07 Å². The number of anilines is 1. The molecule has 0 saturated carbocycles. The standard InChI is InChI=1S/C15H11ClN4OS/c16-12-4-6-13(7-5-12)18-15(22)20-19-14(21)11-3-1-2-10(8-11)9-17/h1-8H,(H,19,21)(H2,18,20,22). The number of amides is 1. The number of thiocarbonyl (C=S) groups is 1. The largest absolute Gasteiger partial charge is 0.331 e. The van der Waals surface area contributed by atoms with Crippen molar-refractivity contribution < 1.29 is 4.79 Å². The van der Waals surface area contributed by atoms with Gasteiger partial charge in [-0.2, -0.15) is 5.26 Å². The second-order valence-electron chi connectivity index (χ2n) is 4.23. The molecule has 0 fully saturated rings. The van der Waals surface area contributed by atoms with Crippen LogP contribution in [0.15, 0.2) is 48.5 Å². The monoisotopic (exact) mass is 330 g/mol. The highest BCUT2D eigenvalue weighted by Gasteiger charge is 2.06. The molecule has 2 aromatic carbocycles. The highest BCUT2D eigenvalue weighted by atomic mass is 35.5. The number of rotatable bonds is 2. The number of nitrogens with one attached hydrogen (secondary N) is 3. The number of hydrogen-bond donors (Lipinski definition) is 3. The van der Waals surface area contributed by atoms with Gasteiger partial charge in [-0.15, -0.1) is 0 Å². The molecule has 0 aliphatic rings. The molecule has 1 amide bonds. The molecule has 0 unspecified atom stereocenters. The fourth-order valence-corrected chi connectivity index (χ4v) is 1.91. The van der Waals surface area contributed by atoms with E-state index < -0.39 is 5.91 Å². The van der Waals surface area contributed by atoms with E-state index in [1.54, 1.807) is 42.5 Å². The molecule has 0 aliphatic carbocycles. The number of nitrogens with zero attached hydrogens (tertiary/aromatic N) is 1. The predicted octanol–water partition coefficient (Wildman–Crippen LogP) is 2.84. The van der Waals surface area contributed by atoms with Crippen molar-refractivity contribution in [2.45, 2.75) is 0 Å². The first-order valence-corrected chi connectivity index (χ1v) is 7.00. The lowest BCUT2D eigenvalue weighted by molar-refractivity contribution is 0.0944. The number of hydrazine groups is 1. The van der Waals surface area contributed by atoms with Gasteiger partial charge in [0.05, 0.1) is 11.6 Å². The fraction of sp³-hybridized carbons (Fsp3) is 0. The number of halogens is 1. The van der Waals surface area contributed by atoms with E-state index in [-0.39, 0.29) is 5.11 Å². The Morgan fingerprint density at radius 1 is 1.14 bits per heavy atom. The smallest absolute Gasteiger partial charge is 0.269 e. The molecule has 0 spiro atoms. The van der Waals surface area contributed by atoms with Crippen molar-refractivity contribution in [2.24, 2.45) is 0 Å². The Balaban J connectivity index is 1.89. The Morgan fingerprint density at radius 2 is 1.86 bits per heavy atom. The predicted molar refractivity (Wildman–Crippen MR) is 89.4 cm³/mol. The lowest BCUT2D eigenvalue weighted by Gasteiger charge is -2.11. The molecule has 0 bridgehead atoms. The maximum absolute atomic E-state index is 11.9. The average molecular weight is 331 g/mol. The maximum Gasteiger partial charge on any atom is 0.269 e. The minimum Gasteiger partial charge on any atom is -0.331 e. The molecule has 0 heterocycles. The van der Waals surface area contributed by atoms with E-state index in [2.05, 4.69) is 16.2 Å². The van der Waals surface area contributed by atoms with Crippen LogP contribution in [0, 0.1) is 11.3 Å². The highest BCUT2D eigenvalue weighted by molar-refractivity contribution is 7.80. The van der Waals surface area contributed by atoms with Gasteiger partial charge in [-0.05, 0) is 54.7 Å². The Kier molecular flexibility index (Phi) is 5.31. The number of nitriles is 1. The van der Waals surface area contributed by atoms with Crippen LogP contribution >= 0.6 is 23.8 Å². The van der Waals surface area contributed by atoms with Gasteiger partial charge in [0.2, 0.25) is 0 Å². The lowest BCUT2D eigenvalue weighted by Crippen LogP contribution is -2.43. The molecule has 0 saturated heterocycles. The molecular weight excluding hydrogens is 320 g/mol.